The van der Waals surface area contributed by atoms with Crippen molar-refractivity contribution in [2.24, 2.45) is 5.92 Å². The van der Waals surface area contributed by atoms with E-state index in [1.807, 2.05) is 0 Å². The molecule has 1 saturated carbocycles. The normalized spacial score (nSPS) is 17.0. The molecular formula is C25H26O7. The van der Waals surface area contributed by atoms with E-state index in [1.54, 1.807) is 36.4 Å². The average molecular weight is 438 g/mol. The van der Waals surface area contributed by atoms with Crippen LogP contribution in [-0.2, 0) is 4.79 Å². The number of carbonyl (C=O) groups is 2. The van der Waals surface area contributed by atoms with Crippen LogP contribution in [0.5, 0.6) is 28.7 Å². The largest absolute Gasteiger partial charge is 0.493 e. The van der Waals surface area contributed by atoms with Crippen LogP contribution in [0.3, 0.4) is 0 Å². The summed E-state index contributed by atoms with van der Waals surface area (Å²) in [5.41, 5.74) is 1.07. The lowest BCUT2D eigenvalue weighted by atomic mass is 9.89. The Hall–Kier alpha value is -3.48. The summed E-state index contributed by atoms with van der Waals surface area (Å²) in [4.78, 5) is 25.3. The SMILES string of the molecule is COc1cc(C=C2Oc3cc(OC(=O)C4CCCCC4)ccc3C2=O)cc(OC)c1OC. The fourth-order valence-electron chi connectivity index (χ4n) is 4.10. The van der Waals surface area contributed by atoms with Gasteiger partial charge in [-0.05, 0) is 48.7 Å². The minimum atomic E-state index is -0.251. The van der Waals surface area contributed by atoms with E-state index in [-0.39, 0.29) is 23.4 Å². The van der Waals surface area contributed by atoms with Crippen molar-refractivity contribution in [2.75, 3.05) is 21.3 Å². The Labute approximate surface area is 186 Å². The third-order valence-electron chi connectivity index (χ3n) is 5.78. The van der Waals surface area contributed by atoms with Crippen LogP contribution in [0.25, 0.3) is 6.08 Å². The maximum atomic E-state index is 12.8. The standard InChI is InChI=1S/C25H26O7/c1-28-21-12-15(13-22(29-2)24(21)30-3)11-20-23(26)18-10-9-17(14-19(18)32-20)31-25(27)16-7-5-4-6-8-16/h9-14,16H,4-8H2,1-3H3. The van der Waals surface area contributed by atoms with Crippen LogP contribution >= 0.6 is 0 Å². The van der Waals surface area contributed by atoms with Gasteiger partial charge in [0.1, 0.15) is 11.5 Å². The Balaban J connectivity index is 1.55. The van der Waals surface area contributed by atoms with E-state index in [0.717, 1.165) is 25.7 Å². The lowest BCUT2D eigenvalue weighted by Gasteiger charge is -2.19. The first-order valence-electron chi connectivity index (χ1n) is 10.6. The molecule has 1 aliphatic heterocycles. The molecule has 2 aromatic rings. The van der Waals surface area contributed by atoms with Crippen LogP contribution in [0, 0.1) is 5.92 Å². The van der Waals surface area contributed by atoms with Crippen LogP contribution in [0.15, 0.2) is 36.1 Å². The van der Waals surface area contributed by atoms with Crippen LogP contribution in [0.2, 0.25) is 0 Å². The van der Waals surface area contributed by atoms with Crippen LogP contribution in [0.4, 0.5) is 0 Å². The van der Waals surface area contributed by atoms with Gasteiger partial charge in [-0.2, -0.15) is 0 Å². The van der Waals surface area contributed by atoms with E-state index in [2.05, 4.69) is 0 Å². The third-order valence-corrected chi connectivity index (χ3v) is 5.78. The van der Waals surface area contributed by atoms with Gasteiger partial charge in [-0.3, -0.25) is 9.59 Å². The second-order valence-electron chi connectivity index (χ2n) is 7.81. The lowest BCUT2D eigenvalue weighted by Crippen LogP contribution is -2.22. The fourth-order valence-corrected chi connectivity index (χ4v) is 4.10. The highest BCUT2D eigenvalue weighted by Gasteiger charge is 2.29. The van der Waals surface area contributed by atoms with Crippen molar-refractivity contribution < 1.29 is 33.3 Å². The highest BCUT2D eigenvalue weighted by Crippen LogP contribution is 2.40. The lowest BCUT2D eigenvalue weighted by molar-refractivity contribution is -0.139. The summed E-state index contributed by atoms with van der Waals surface area (Å²) >= 11 is 0. The second kappa shape index (κ2) is 9.34. The average Bonchev–Trinajstić information content (AvgIpc) is 3.13. The smallest absolute Gasteiger partial charge is 0.314 e. The molecule has 1 aliphatic carbocycles. The van der Waals surface area contributed by atoms with E-state index in [9.17, 15) is 9.59 Å². The predicted octanol–water partition coefficient (Wildman–Crippen LogP) is 4.81. The molecule has 0 spiro atoms. The third kappa shape index (κ3) is 4.28. The van der Waals surface area contributed by atoms with Gasteiger partial charge in [0.15, 0.2) is 17.3 Å². The molecule has 2 aliphatic rings. The van der Waals surface area contributed by atoms with Gasteiger partial charge in [-0.25, -0.2) is 0 Å². The zero-order valence-electron chi connectivity index (χ0n) is 18.4. The molecule has 0 amide bonds. The van der Waals surface area contributed by atoms with Crippen LogP contribution in [0.1, 0.15) is 48.0 Å². The number of allylic oxidation sites excluding steroid dienone is 1. The summed E-state index contributed by atoms with van der Waals surface area (Å²) in [6, 6.07) is 8.29. The monoisotopic (exact) mass is 438 g/mol. The predicted molar refractivity (Wildman–Crippen MR) is 118 cm³/mol. The Morgan fingerprint density at radius 1 is 0.969 bits per heavy atom. The van der Waals surface area contributed by atoms with Crippen molar-refractivity contribution in [3.63, 3.8) is 0 Å². The molecule has 1 heterocycles. The van der Waals surface area contributed by atoms with Crippen molar-refractivity contribution in [3.05, 3.63) is 47.2 Å². The van der Waals surface area contributed by atoms with Gasteiger partial charge >= 0.3 is 5.97 Å². The zero-order valence-corrected chi connectivity index (χ0v) is 18.4. The highest BCUT2D eigenvalue weighted by atomic mass is 16.5. The summed E-state index contributed by atoms with van der Waals surface area (Å²) in [6.07, 6.45) is 6.61. The van der Waals surface area contributed by atoms with Gasteiger partial charge < -0.3 is 23.7 Å². The number of hydrogen-bond acceptors (Lipinski definition) is 7. The Morgan fingerprint density at radius 2 is 1.66 bits per heavy atom. The minimum Gasteiger partial charge on any atom is -0.493 e. The van der Waals surface area contributed by atoms with E-state index in [4.69, 9.17) is 23.7 Å². The summed E-state index contributed by atoms with van der Waals surface area (Å²) in [7, 11) is 4.58. The molecule has 0 bridgehead atoms. The second-order valence-corrected chi connectivity index (χ2v) is 7.81. The Bertz CT molecular complexity index is 1040. The minimum absolute atomic E-state index is 0.0601. The summed E-state index contributed by atoms with van der Waals surface area (Å²) in [5, 5.41) is 0. The molecule has 7 heteroatoms. The van der Waals surface area contributed by atoms with Crippen molar-refractivity contribution in [1.82, 2.24) is 0 Å². The molecule has 0 saturated heterocycles. The van der Waals surface area contributed by atoms with E-state index in [0.29, 0.717) is 39.9 Å². The number of ether oxygens (including phenoxy) is 5. The fraction of sp³-hybridized carbons (Fsp3) is 0.360. The van der Waals surface area contributed by atoms with Gasteiger partial charge in [0.05, 0.1) is 32.8 Å². The molecule has 2 aromatic carbocycles. The van der Waals surface area contributed by atoms with Crippen molar-refractivity contribution >= 4 is 17.8 Å². The number of Topliss-reactive ketones (excluding diaryl/α,β-unsaturated/α-hetero) is 1. The number of rotatable bonds is 6. The number of methoxy groups -OCH3 is 3. The molecule has 7 nitrogen and oxygen atoms in total. The molecule has 0 radical (unpaired) electrons. The number of ketones is 1. The zero-order chi connectivity index (χ0) is 22.7. The van der Waals surface area contributed by atoms with Crippen molar-refractivity contribution in [1.29, 1.82) is 0 Å². The maximum Gasteiger partial charge on any atom is 0.314 e. The molecule has 0 unspecified atom stereocenters. The van der Waals surface area contributed by atoms with E-state index in [1.165, 1.54) is 27.8 Å². The number of hydrogen-bond donors (Lipinski definition) is 0. The van der Waals surface area contributed by atoms with Crippen LogP contribution in [-0.4, -0.2) is 33.1 Å². The molecule has 0 N–H and O–H groups in total. The first kappa shape index (κ1) is 21.7. The van der Waals surface area contributed by atoms with Gasteiger partial charge in [0.25, 0.3) is 0 Å². The number of fused-ring (bicyclic) bond motifs is 1. The Morgan fingerprint density at radius 3 is 2.28 bits per heavy atom. The molecule has 168 valence electrons. The van der Waals surface area contributed by atoms with Crippen molar-refractivity contribution in [3.8, 4) is 28.7 Å². The first-order valence-corrected chi connectivity index (χ1v) is 10.6. The van der Waals surface area contributed by atoms with Crippen LogP contribution < -0.4 is 23.7 Å². The summed E-state index contributed by atoms with van der Waals surface area (Å²) in [6.45, 7) is 0. The van der Waals surface area contributed by atoms with Crippen molar-refractivity contribution in [2.45, 2.75) is 32.1 Å². The van der Waals surface area contributed by atoms with E-state index >= 15 is 0 Å². The molecule has 0 atom stereocenters. The van der Waals surface area contributed by atoms with Gasteiger partial charge in [0, 0.05) is 6.07 Å². The molecule has 1 fully saturated rings. The number of carbonyl (C=O) groups excluding carboxylic acids is 2. The quantitative estimate of drug-likeness (QED) is 0.364. The van der Waals surface area contributed by atoms with Gasteiger partial charge in [-0.15, -0.1) is 0 Å². The highest BCUT2D eigenvalue weighted by molar-refractivity contribution is 6.14. The molecule has 0 aromatic heterocycles. The van der Waals surface area contributed by atoms with E-state index < -0.39 is 0 Å². The summed E-state index contributed by atoms with van der Waals surface area (Å²) < 4.78 is 27.4. The Kier molecular flexibility index (Phi) is 6.35. The number of benzene rings is 2. The molecule has 4 rings (SSSR count). The van der Waals surface area contributed by atoms with Gasteiger partial charge in [-0.1, -0.05) is 19.3 Å². The summed E-state index contributed by atoms with van der Waals surface area (Å²) in [5.74, 6) is 1.77. The first-order chi connectivity index (χ1) is 15.5. The number of esters is 1. The molecule has 32 heavy (non-hydrogen) atoms. The maximum absolute atomic E-state index is 12.8. The van der Waals surface area contributed by atoms with Gasteiger partial charge in [0.2, 0.25) is 11.5 Å². The molecular weight excluding hydrogens is 412 g/mol. The topological polar surface area (TPSA) is 80.3 Å².